The van der Waals surface area contributed by atoms with Crippen LogP contribution >= 0.6 is 11.8 Å². The van der Waals surface area contributed by atoms with Gasteiger partial charge in [-0.2, -0.15) is 11.8 Å². The van der Waals surface area contributed by atoms with Crippen molar-refractivity contribution < 1.29 is 8.85 Å². The molecule has 0 rings (SSSR count). The Balaban J connectivity index is 3.20. The van der Waals surface area contributed by atoms with E-state index in [-0.39, 0.29) is 0 Å². The second-order valence-corrected chi connectivity index (χ2v) is 8.19. The Hall–Kier alpha value is 0.487. The maximum Gasteiger partial charge on any atom is 0.321 e. The largest absolute Gasteiger partial charge is 0.397 e. The second kappa shape index (κ2) is 16.5. The molecule has 2 nitrogen and oxygen atoms in total. The van der Waals surface area contributed by atoms with E-state index in [2.05, 4.69) is 32.5 Å². The van der Waals surface area contributed by atoms with E-state index in [4.69, 9.17) is 8.85 Å². The van der Waals surface area contributed by atoms with Gasteiger partial charge in [-0.1, -0.05) is 39.0 Å². The van der Waals surface area contributed by atoms with Gasteiger partial charge in [-0.25, -0.2) is 0 Å². The van der Waals surface area contributed by atoms with E-state index < -0.39 is 9.28 Å². The van der Waals surface area contributed by atoms with E-state index in [1.165, 1.54) is 62.5 Å². The monoisotopic (exact) mass is 306 g/mol. The molecule has 0 aliphatic rings. The van der Waals surface area contributed by atoms with Crippen molar-refractivity contribution in [2.45, 2.75) is 71.8 Å². The average molecular weight is 307 g/mol. The van der Waals surface area contributed by atoms with Crippen molar-refractivity contribution in [3.63, 3.8) is 0 Å². The van der Waals surface area contributed by atoms with E-state index in [1.807, 2.05) is 0 Å². The van der Waals surface area contributed by atoms with Crippen LogP contribution in [0.15, 0.2) is 0 Å². The fraction of sp³-hybridized carbons (Fsp3) is 1.00. The molecule has 116 valence electrons. The smallest absolute Gasteiger partial charge is 0.321 e. The minimum atomic E-state index is -1.32. The Labute approximate surface area is 126 Å². The summed E-state index contributed by atoms with van der Waals surface area (Å²) in [6, 6.07) is 1.18. The van der Waals surface area contributed by atoms with Gasteiger partial charge in [0.1, 0.15) is 0 Å². The van der Waals surface area contributed by atoms with Crippen LogP contribution in [-0.4, -0.2) is 34.0 Å². The molecule has 0 bridgehead atoms. The molecule has 0 saturated carbocycles. The van der Waals surface area contributed by atoms with Crippen molar-refractivity contribution in [3.8, 4) is 0 Å². The van der Waals surface area contributed by atoms with Crippen LogP contribution in [-0.2, 0) is 8.85 Å². The number of thioether (sulfide) groups is 1. The first-order valence-corrected chi connectivity index (χ1v) is 11.1. The van der Waals surface area contributed by atoms with Crippen molar-refractivity contribution in [3.05, 3.63) is 0 Å². The zero-order valence-electron chi connectivity index (χ0n) is 13.3. The summed E-state index contributed by atoms with van der Waals surface area (Å²) in [4.78, 5) is 0. The van der Waals surface area contributed by atoms with Crippen LogP contribution in [0, 0.1) is 0 Å². The highest BCUT2D eigenvalue weighted by Crippen LogP contribution is 2.12. The van der Waals surface area contributed by atoms with E-state index in [9.17, 15) is 0 Å². The predicted molar refractivity (Wildman–Crippen MR) is 90.5 cm³/mol. The normalized spacial score (nSPS) is 11.4. The van der Waals surface area contributed by atoms with Gasteiger partial charge in [0.25, 0.3) is 0 Å². The molecule has 0 aliphatic carbocycles. The van der Waals surface area contributed by atoms with Crippen LogP contribution in [0.1, 0.15) is 65.7 Å². The predicted octanol–water partition coefficient (Wildman–Crippen LogP) is 4.76. The van der Waals surface area contributed by atoms with E-state index in [0.29, 0.717) is 0 Å². The number of unbranched alkanes of at least 4 members (excludes halogenated alkanes) is 5. The van der Waals surface area contributed by atoms with Gasteiger partial charge in [0.05, 0.1) is 0 Å². The van der Waals surface area contributed by atoms with Gasteiger partial charge in [0.15, 0.2) is 0 Å². The molecule has 0 unspecified atom stereocenters. The first-order chi connectivity index (χ1) is 9.35. The molecule has 0 radical (unpaired) electrons. The standard InChI is InChI=1S/C15H34O2SSi/c1-4-7-8-9-10-13-18-14-11-12-15-19(16-5-2)17-6-3/h19H,4-15H2,1-3H3. The van der Waals surface area contributed by atoms with Crippen molar-refractivity contribution >= 4 is 21.0 Å². The molecule has 0 saturated heterocycles. The molecule has 0 atom stereocenters. The molecule has 19 heavy (non-hydrogen) atoms. The third kappa shape index (κ3) is 14.7. The fourth-order valence-electron chi connectivity index (χ4n) is 2.01. The van der Waals surface area contributed by atoms with Gasteiger partial charge in [-0.3, -0.25) is 0 Å². The first-order valence-electron chi connectivity index (χ1n) is 8.16. The third-order valence-electron chi connectivity index (χ3n) is 3.08. The van der Waals surface area contributed by atoms with Crippen molar-refractivity contribution in [2.24, 2.45) is 0 Å². The molecule has 0 fully saturated rings. The molecule has 0 aliphatic heterocycles. The summed E-state index contributed by atoms with van der Waals surface area (Å²) in [5.74, 6) is 2.66. The molecule has 0 aromatic rings. The van der Waals surface area contributed by atoms with E-state index in [1.54, 1.807) is 0 Å². The molecule has 0 spiro atoms. The van der Waals surface area contributed by atoms with Crippen LogP contribution in [0.5, 0.6) is 0 Å². The Morgan fingerprint density at radius 1 is 0.737 bits per heavy atom. The van der Waals surface area contributed by atoms with Gasteiger partial charge in [0.2, 0.25) is 0 Å². The lowest BCUT2D eigenvalue weighted by molar-refractivity contribution is 0.213. The molecule has 0 N–H and O–H groups in total. The van der Waals surface area contributed by atoms with Crippen LogP contribution in [0.3, 0.4) is 0 Å². The lowest BCUT2D eigenvalue weighted by atomic mass is 10.2. The summed E-state index contributed by atoms with van der Waals surface area (Å²) in [5.41, 5.74) is 0. The van der Waals surface area contributed by atoms with E-state index >= 15 is 0 Å². The summed E-state index contributed by atoms with van der Waals surface area (Å²) in [7, 11) is -1.32. The van der Waals surface area contributed by atoms with Gasteiger partial charge in [-0.15, -0.1) is 0 Å². The molecule has 0 amide bonds. The molecular formula is C15H34O2SSi. The van der Waals surface area contributed by atoms with Gasteiger partial charge in [0, 0.05) is 13.2 Å². The Bertz CT molecular complexity index is 164. The molecule has 0 heterocycles. The van der Waals surface area contributed by atoms with Crippen LogP contribution in [0.25, 0.3) is 0 Å². The van der Waals surface area contributed by atoms with Crippen LogP contribution < -0.4 is 0 Å². The highest BCUT2D eigenvalue weighted by atomic mass is 32.2. The second-order valence-electron chi connectivity index (χ2n) is 4.86. The summed E-state index contributed by atoms with van der Waals surface area (Å²) < 4.78 is 11.3. The lowest BCUT2D eigenvalue weighted by Gasteiger charge is -2.14. The average Bonchev–Trinajstić information content (AvgIpc) is 2.41. The third-order valence-corrected chi connectivity index (χ3v) is 6.52. The maximum atomic E-state index is 5.67. The summed E-state index contributed by atoms with van der Waals surface area (Å²) in [6.45, 7) is 8.02. The highest BCUT2D eigenvalue weighted by Gasteiger charge is 2.10. The van der Waals surface area contributed by atoms with Gasteiger partial charge >= 0.3 is 9.28 Å². The van der Waals surface area contributed by atoms with Crippen molar-refractivity contribution in [2.75, 3.05) is 24.7 Å². The number of rotatable bonds is 15. The highest BCUT2D eigenvalue weighted by molar-refractivity contribution is 7.99. The quantitative estimate of drug-likeness (QED) is 0.321. The minimum Gasteiger partial charge on any atom is -0.397 e. The summed E-state index contributed by atoms with van der Waals surface area (Å²) in [5, 5.41) is 0. The van der Waals surface area contributed by atoms with Crippen LogP contribution in [0.4, 0.5) is 0 Å². The Kier molecular flexibility index (Phi) is 17.0. The first kappa shape index (κ1) is 19.5. The molecule has 0 aromatic carbocycles. The number of hydrogen-bond donors (Lipinski definition) is 0. The van der Waals surface area contributed by atoms with E-state index in [0.717, 1.165) is 13.2 Å². The summed E-state index contributed by atoms with van der Waals surface area (Å²) in [6.07, 6.45) is 9.60. The fourth-order valence-corrected chi connectivity index (χ4v) is 4.83. The van der Waals surface area contributed by atoms with Crippen molar-refractivity contribution in [1.29, 1.82) is 0 Å². The Morgan fingerprint density at radius 2 is 1.32 bits per heavy atom. The Morgan fingerprint density at radius 3 is 1.89 bits per heavy atom. The van der Waals surface area contributed by atoms with Gasteiger partial charge in [-0.05, 0) is 44.2 Å². The van der Waals surface area contributed by atoms with Crippen molar-refractivity contribution in [1.82, 2.24) is 0 Å². The molecule has 4 heteroatoms. The zero-order valence-corrected chi connectivity index (χ0v) is 15.3. The molecular weight excluding hydrogens is 272 g/mol. The maximum absolute atomic E-state index is 5.67. The van der Waals surface area contributed by atoms with Crippen LogP contribution in [0.2, 0.25) is 6.04 Å². The van der Waals surface area contributed by atoms with Gasteiger partial charge < -0.3 is 8.85 Å². The number of hydrogen-bond acceptors (Lipinski definition) is 3. The SMILES string of the molecule is CCCCCCCSCCCC[SiH](OCC)OCC. The topological polar surface area (TPSA) is 18.5 Å². The minimum absolute atomic E-state index is 0.809. The lowest BCUT2D eigenvalue weighted by Crippen LogP contribution is -2.22. The zero-order chi connectivity index (χ0) is 14.2. The summed E-state index contributed by atoms with van der Waals surface area (Å²) >= 11 is 2.12. The molecule has 0 aromatic heterocycles.